The molecule has 2 aromatic heterocycles. The van der Waals surface area contributed by atoms with Crippen LogP contribution >= 0.6 is 0 Å². The number of carbonyl (C=O) groups excluding carboxylic acids is 1. The molecule has 3 aromatic rings. The Labute approximate surface area is 126 Å². The molecule has 0 spiro atoms. The number of hydrogen-bond donors (Lipinski definition) is 2. The molecule has 3 rings (SSSR count). The summed E-state index contributed by atoms with van der Waals surface area (Å²) in [5.74, 6) is 0.195. The van der Waals surface area contributed by atoms with E-state index in [1.54, 1.807) is 41.3 Å². The highest BCUT2D eigenvalue weighted by Crippen LogP contribution is 2.15. The number of aromatic nitrogens is 3. The SMILES string of the molecule is O=C(NC(CO)c1ccco1)c1cccc(-n2cncn2)c1. The van der Waals surface area contributed by atoms with E-state index in [1.807, 2.05) is 6.07 Å². The lowest BCUT2D eigenvalue weighted by Crippen LogP contribution is -2.30. The Morgan fingerprint density at radius 1 is 1.36 bits per heavy atom. The molecule has 1 atom stereocenters. The van der Waals surface area contributed by atoms with Crippen LogP contribution in [-0.4, -0.2) is 32.4 Å². The summed E-state index contributed by atoms with van der Waals surface area (Å²) in [7, 11) is 0. The van der Waals surface area contributed by atoms with Crippen LogP contribution in [0.2, 0.25) is 0 Å². The van der Waals surface area contributed by atoms with Crippen LogP contribution in [0.25, 0.3) is 5.69 Å². The predicted molar refractivity (Wildman–Crippen MR) is 77.4 cm³/mol. The molecule has 0 fully saturated rings. The maximum absolute atomic E-state index is 12.3. The van der Waals surface area contributed by atoms with Crippen LogP contribution in [0.3, 0.4) is 0 Å². The fourth-order valence-corrected chi connectivity index (χ4v) is 2.07. The quantitative estimate of drug-likeness (QED) is 0.741. The van der Waals surface area contributed by atoms with Crippen molar-refractivity contribution in [2.24, 2.45) is 0 Å². The van der Waals surface area contributed by atoms with E-state index in [1.165, 1.54) is 12.6 Å². The highest BCUT2D eigenvalue weighted by atomic mass is 16.3. The highest BCUT2D eigenvalue weighted by molar-refractivity contribution is 5.94. The summed E-state index contributed by atoms with van der Waals surface area (Å²) in [4.78, 5) is 16.2. The number of amides is 1. The maximum atomic E-state index is 12.3. The van der Waals surface area contributed by atoms with Gasteiger partial charge in [-0.1, -0.05) is 6.07 Å². The molecule has 1 unspecified atom stereocenters. The van der Waals surface area contributed by atoms with Crippen LogP contribution in [0.5, 0.6) is 0 Å². The monoisotopic (exact) mass is 298 g/mol. The number of aliphatic hydroxyl groups excluding tert-OH is 1. The Morgan fingerprint density at radius 3 is 2.95 bits per heavy atom. The average molecular weight is 298 g/mol. The first-order valence-corrected chi connectivity index (χ1v) is 6.68. The zero-order chi connectivity index (χ0) is 15.4. The van der Waals surface area contributed by atoms with Gasteiger partial charge in [0.2, 0.25) is 0 Å². The van der Waals surface area contributed by atoms with Crippen molar-refractivity contribution in [2.75, 3.05) is 6.61 Å². The molecule has 7 heteroatoms. The third-order valence-electron chi connectivity index (χ3n) is 3.17. The minimum Gasteiger partial charge on any atom is -0.467 e. The van der Waals surface area contributed by atoms with E-state index in [0.29, 0.717) is 11.3 Å². The van der Waals surface area contributed by atoms with Crippen molar-refractivity contribution in [2.45, 2.75) is 6.04 Å². The highest BCUT2D eigenvalue weighted by Gasteiger charge is 2.17. The average Bonchev–Trinajstić information content (AvgIpc) is 3.25. The Balaban J connectivity index is 1.79. The van der Waals surface area contributed by atoms with Crippen LogP contribution < -0.4 is 5.32 Å². The molecule has 0 saturated carbocycles. The summed E-state index contributed by atoms with van der Waals surface area (Å²) in [5, 5.41) is 16.2. The summed E-state index contributed by atoms with van der Waals surface area (Å²) >= 11 is 0. The number of rotatable bonds is 5. The van der Waals surface area contributed by atoms with Gasteiger partial charge in [0.1, 0.15) is 24.5 Å². The first-order valence-electron chi connectivity index (χ1n) is 6.68. The van der Waals surface area contributed by atoms with Gasteiger partial charge in [-0.25, -0.2) is 9.67 Å². The molecule has 7 nitrogen and oxygen atoms in total. The Bertz CT molecular complexity index is 738. The zero-order valence-electron chi connectivity index (χ0n) is 11.6. The van der Waals surface area contributed by atoms with Crippen molar-refractivity contribution in [3.63, 3.8) is 0 Å². The fourth-order valence-electron chi connectivity index (χ4n) is 2.07. The second-order valence-corrected chi connectivity index (χ2v) is 4.61. The van der Waals surface area contributed by atoms with Gasteiger partial charge in [-0.3, -0.25) is 4.79 Å². The van der Waals surface area contributed by atoms with Crippen LogP contribution in [-0.2, 0) is 0 Å². The Kier molecular flexibility index (Phi) is 3.97. The topological polar surface area (TPSA) is 93.2 Å². The summed E-state index contributed by atoms with van der Waals surface area (Å²) in [5.41, 5.74) is 1.18. The molecule has 0 saturated heterocycles. The van der Waals surface area contributed by atoms with E-state index < -0.39 is 6.04 Å². The summed E-state index contributed by atoms with van der Waals surface area (Å²) in [6, 6.07) is 9.78. The van der Waals surface area contributed by atoms with Gasteiger partial charge in [0.15, 0.2) is 0 Å². The van der Waals surface area contributed by atoms with Gasteiger partial charge in [0.25, 0.3) is 5.91 Å². The smallest absolute Gasteiger partial charge is 0.252 e. The molecule has 2 N–H and O–H groups in total. The van der Waals surface area contributed by atoms with Crippen LogP contribution in [0, 0.1) is 0 Å². The first-order chi connectivity index (χ1) is 10.8. The van der Waals surface area contributed by atoms with Gasteiger partial charge in [-0.15, -0.1) is 0 Å². The zero-order valence-corrected chi connectivity index (χ0v) is 11.6. The van der Waals surface area contributed by atoms with Crippen molar-refractivity contribution in [3.8, 4) is 5.69 Å². The van der Waals surface area contributed by atoms with Crippen molar-refractivity contribution >= 4 is 5.91 Å². The molecule has 1 aromatic carbocycles. The van der Waals surface area contributed by atoms with Crippen LogP contribution in [0.4, 0.5) is 0 Å². The molecule has 112 valence electrons. The van der Waals surface area contributed by atoms with Gasteiger partial charge in [0, 0.05) is 5.56 Å². The van der Waals surface area contributed by atoms with Crippen molar-refractivity contribution in [1.29, 1.82) is 0 Å². The standard InChI is InChI=1S/C15H14N4O3/c20-8-13(14-5-2-6-22-14)18-15(21)11-3-1-4-12(7-11)19-10-16-9-17-19/h1-7,9-10,13,20H,8H2,(H,18,21). The summed E-state index contributed by atoms with van der Waals surface area (Å²) < 4.78 is 6.77. The number of furan rings is 1. The fraction of sp³-hybridized carbons (Fsp3) is 0.133. The summed E-state index contributed by atoms with van der Waals surface area (Å²) in [6.45, 7) is -0.248. The predicted octanol–water partition coefficient (Wildman–Crippen LogP) is 1.32. The molecule has 2 heterocycles. The molecule has 0 aliphatic rings. The molecular formula is C15H14N4O3. The molecule has 0 bridgehead atoms. The van der Waals surface area contributed by atoms with Gasteiger partial charge in [-0.2, -0.15) is 5.10 Å². The van der Waals surface area contributed by atoms with Crippen molar-refractivity contribution in [3.05, 3.63) is 66.6 Å². The molecule has 22 heavy (non-hydrogen) atoms. The lowest BCUT2D eigenvalue weighted by molar-refractivity contribution is 0.0907. The second kappa shape index (κ2) is 6.23. The largest absolute Gasteiger partial charge is 0.467 e. The minimum absolute atomic E-state index is 0.248. The van der Waals surface area contributed by atoms with E-state index in [0.717, 1.165) is 5.69 Å². The van der Waals surface area contributed by atoms with Gasteiger partial charge < -0.3 is 14.8 Å². The first kappa shape index (κ1) is 14.0. The molecule has 0 aliphatic carbocycles. The van der Waals surface area contributed by atoms with Gasteiger partial charge in [0.05, 0.1) is 18.6 Å². The van der Waals surface area contributed by atoms with Crippen molar-refractivity contribution < 1.29 is 14.3 Å². The Morgan fingerprint density at radius 2 is 2.27 bits per heavy atom. The van der Waals surface area contributed by atoms with Gasteiger partial charge in [-0.05, 0) is 30.3 Å². The van der Waals surface area contributed by atoms with E-state index in [2.05, 4.69) is 15.4 Å². The van der Waals surface area contributed by atoms with Crippen molar-refractivity contribution in [1.82, 2.24) is 20.1 Å². The second-order valence-electron chi connectivity index (χ2n) is 4.61. The number of carbonyl (C=O) groups is 1. The number of nitrogens with zero attached hydrogens (tertiary/aromatic N) is 3. The molecule has 0 radical (unpaired) electrons. The number of benzene rings is 1. The van der Waals surface area contributed by atoms with E-state index in [-0.39, 0.29) is 12.5 Å². The number of hydrogen-bond acceptors (Lipinski definition) is 5. The molecule has 0 aliphatic heterocycles. The minimum atomic E-state index is -0.586. The third-order valence-corrected chi connectivity index (χ3v) is 3.17. The number of nitrogens with one attached hydrogen (secondary N) is 1. The van der Waals surface area contributed by atoms with Crippen LogP contribution in [0.15, 0.2) is 59.7 Å². The maximum Gasteiger partial charge on any atom is 0.252 e. The van der Waals surface area contributed by atoms with E-state index in [9.17, 15) is 9.90 Å². The lowest BCUT2D eigenvalue weighted by atomic mass is 10.1. The van der Waals surface area contributed by atoms with E-state index >= 15 is 0 Å². The van der Waals surface area contributed by atoms with Crippen LogP contribution in [0.1, 0.15) is 22.2 Å². The third kappa shape index (κ3) is 2.89. The number of aliphatic hydroxyl groups is 1. The normalized spacial score (nSPS) is 12.0. The molecular weight excluding hydrogens is 284 g/mol. The van der Waals surface area contributed by atoms with Gasteiger partial charge >= 0.3 is 0 Å². The Hall–Kier alpha value is -2.93. The van der Waals surface area contributed by atoms with E-state index in [4.69, 9.17) is 4.42 Å². The summed E-state index contributed by atoms with van der Waals surface area (Å²) in [6.07, 6.45) is 4.47. The molecule has 1 amide bonds. The lowest BCUT2D eigenvalue weighted by Gasteiger charge is -2.14.